The third-order valence-electron chi connectivity index (χ3n) is 4.19. The number of para-hydroxylation sites is 1. The van der Waals surface area contributed by atoms with Gasteiger partial charge in [0.2, 0.25) is 0 Å². The van der Waals surface area contributed by atoms with Crippen LogP contribution in [-0.2, 0) is 13.0 Å². The molecule has 0 amide bonds. The summed E-state index contributed by atoms with van der Waals surface area (Å²) in [5.41, 5.74) is 6.49. The molecule has 0 radical (unpaired) electrons. The van der Waals surface area contributed by atoms with E-state index in [0.29, 0.717) is 0 Å². The average Bonchev–Trinajstić information content (AvgIpc) is 3.16. The Bertz CT molecular complexity index is 789. The molecule has 0 atom stereocenters. The molecule has 1 aliphatic heterocycles. The van der Waals surface area contributed by atoms with E-state index in [1.165, 1.54) is 22.4 Å². The van der Waals surface area contributed by atoms with Gasteiger partial charge in [-0.05, 0) is 25.0 Å². The molecular weight excluding hydrogens is 288 g/mol. The molecule has 22 heavy (non-hydrogen) atoms. The normalized spacial score (nSPS) is 13.4. The average molecular weight is 306 g/mol. The number of rotatable bonds is 3. The molecule has 0 saturated heterocycles. The van der Waals surface area contributed by atoms with Crippen LogP contribution in [0.2, 0.25) is 0 Å². The van der Waals surface area contributed by atoms with E-state index in [2.05, 4.69) is 65.7 Å². The highest BCUT2D eigenvalue weighted by Gasteiger charge is 2.19. The van der Waals surface area contributed by atoms with Crippen molar-refractivity contribution >= 4 is 17.0 Å². The predicted molar refractivity (Wildman–Crippen MR) is 93.5 cm³/mol. The molecule has 0 fully saturated rings. The molecule has 3 aromatic rings. The second-order valence-electron chi connectivity index (χ2n) is 5.81. The highest BCUT2D eigenvalue weighted by Crippen LogP contribution is 2.30. The van der Waals surface area contributed by atoms with E-state index in [-0.39, 0.29) is 0 Å². The van der Waals surface area contributed by atoms with Crippen molar-refractivity contribution < 1.29 is 0 Å². The Labute approximate surface area is 135 Å². The quantitative estimate of drug-likeness (QED) is 0.698. The van der Waals surface area contributed by atoms with Crippen molar-refractivity contribution in [2.45, 2.75) is 19.9 Å². The van der Waals surface area contributed by atoms with Crippen LogP contribution in [0, 0.1) is 6.92 Å². The molecule has 2 nitrogen and oxygen atoms in total. The van der Waals surface area contributed by atoms with E-state index in [4.69, 9.17) is 4.98 Å². The first-order chi connectivity index (χ1) is 10.8. The molecule has 2 aromatic carbocycles. The van der Waals surface area contributed by atoms with Crippen LogP contribution in [0.15, 0.2) is 53.9 Å². The van der Waals surface area contributed by atoms with E-state index in [0.717, 1.165) is 30.2 Å². The van der Waals surface area contributed by atoms with Crippen molar-refractivity contribution in [1.82, 2.24) is 4.98 Å². The number of hydrogen-bond donors (Lipinski definition) is 0. The van der Waals surface area contributed by atoms with Crippen LogP contribution in [0.25, 0.3) is 10.6 Å². The largest absolute Gasteiger partial charge is 0.365 e. The lowest BCUT2D eigenvalue weighted by molar-refractivity contribution is 0.820. The number of benzene rings is 2. The Morgan fingerprint density at radius 2 is 1.91 bits per heavy atom. The maximum absolute atomic E-state index is 4.82. The minimum atomic E-state index is 0.902. The minimum Gasteiger partial charge on any atom is -0.365 e. The molecule has 2 heterocycles. The number of nitrogens with zero attached hydrogens (tertiary/aromatic N) is 2. The van der Waals surface area contributed by atoms with Gasteiger partial charge in [-0.1, -0.05) is 48.0 Å². The molecule has 0 N–H and O–H groups in total. The van der Waals surface area contributed by atoms with E-state index < -0.39 is 0 Å². The molecule has 1 aromatic heterocycles. The summed E-state index contributed by atoms with van der Waals surface area (Å²) in [6.45, 7) is 4.11. The molecular formula is C19H18N2S. The number of aromatic nitrogens is 1. The Balaban J connectivity index is 1.54. The van der Waals surface area contributed by atoms with Crippen molar-refractivity contribution in [3.05, 3.63) is 70.7 Å². The van der Waals surface area contributed by atoms with Gasteiger partial charge in [0.05, 0.1) is 12.2 Å². The maximum atomic E-state index is 4.82. The maximum Gasteiger partial charge on any atom is 0.123 e. The van der Waals surface area contributed by atoms with Gasteiger partial charge in [-0.3, -0.25) is 0 Å². The summed E-state index contributed by atoms with van der Waals surface area (Å²) in [6.07, 6.45) is 1.14. The molecule has 0 saturated carbocycles. The molecule has 0 aliphatic carbocycles. The lowest BCUT2D eigenvalue weighted by Crippen LogP contribution is -2.19. The smallest absolute Gasteiger partial charge is 0.123 e. The van der Waals surface area contributed by atoms with Gasteiger partial charge in [0.1, 0.15) is 5.01 Å². The molecule has 110 valence electrons. The van der Waals surface area contributed by atoms with Gasteiger partial charge >= 0.3 is 0 Å². The first kappa shape index (κ1) is 13.5. The van der Waals surface area contributed by atoms with Crippen molar-refractivity contribution in [3.63, 3.8) is 0 Å². The molecule has 0 bridgehead atoms. The van der Waals surface area contributed by atoms with E-state index in [9.17, 15) is 0 Å². The van der Waals surface area contributed by atoms with Crippen molar-refractivity contribution in [1.29, 1.82) is 0 Å². The topological polar surface area (TPSA) is 16.1 Å². The predicted octanol–water partition coefficient (Wildman–Crippen LogP) is 4.68. The molecule has 1 aliphatic rings. The van der Waals surface area contributed by atoms with Gasteiger partial charge in [0, 0.05) is 23.2 Å². The first-order valence-electron chi connectivity index (χ1n) is 7.64. The summed E-state index contributed by atoms with van der Waals surface area (Å²) in [5.74, 6) is 0. The fourth-order valence-electron chi connectivity index (χ4n) is 2.97. The zero-order valence-corrected chi connectivity index (χ0v) is 13.4. The summed E-state index contributed by atoms with van der Waals surface area (Å²) < 4.78 is 0. The number of anilines is 1. The fraction of sp³-hybridized carbons (Fsp3) is 0.211. The fourth-order valence-corrected chi connectivity index (χ4v) is 3.79. The van der Waals surface area contributed by atoms with E-state index in [1.54, 1.807) is 11.3 Å². The van der Waals surface area contributed by atoms with Gasteiger partial charge in [-0.25, -0.2) is 4.98 Å². The van der Waals surface area contributed by atoms with Gasteiger partial charge in [-0.15, -0.1) is 11.3 Å². The molecule has 0 unspecified atom stereocenters. The van der Waals surface area contributed by atoms with Crippen LogP contribution < -0.4 is 4.90 Å². The summed E-state index contributed by atoms with van der Waals surface area (Å²) >= 11 is 1.74. The minimum absolute atomic E-state index is 0.902. The molecule has 3 heteroatoms. The van der Waals surface area contributed by atoms with Gasteiger partial charge in [-0.2, -0.15) is 0 Å². The summed E-state index contributed by atoms with van der Waals surface area (Å²) in [6, 6.07) is 17.3. The first-order valence-corrected chi connectivity index (χ1v) is 8.52. The van der Waals surface area contributed by atoms with Crippen LogP contribution in [0.4, 0.5) is 5.69 Å². The Hall–Kier alpha value is -2.13. The van der Waals surface area contributed by atoms with Crippen molar-refractivity contribution in [3.8, 4) is 10.6 Å². The number of hydrogen-bond acceptors (Lipinski definition) is 3. The van der Waals surface area contributed by atoms with E-state index in [1.807, 2.05) is 0 Å². The van der Waals surface area contributed by atoms with E-state index >= 15 is 0 Å². The lowest BCUT2D eigenvalue weighted by Gasteiger charge is -2.17. The van der Waals surface area contributed by atoms with Crippen LogP contribution in [0.5, 0.6) is 0 Å². The summed E-state index contributed by atoms with van der Waals surface area (Å²) in [5, 5.41) is 3.30. The van der Waals surface area contributed by atoms with Crippen LogP contribution in [0.1, 0.15) is 16.8 Å². The van der Waals surface area contributed by atoms with Crippen LogP contribution in [0.3, 0.4) is 0 Å². The zero-order valence-electron chi connectivity index (χ0n) is 12.6. The Morgan fingerprint density at radius 1 is 1.09 bits per heavy atom. The second kappa shape index (κ2) is 5.58. The molecule has 4 rings (SSSR count). The van der Waals surface area contributed by atoms with Crippen LogP contribution in [-0.4, -0.2) is 11.5 Å². The van der Waals surface area contributed by atoms with Crippen molar-refractivity contribution in [2.75, 3.05) is 11.4 Å². The van der Waals surface area contributed by atoms with Gasteiger partial charge in [0.25, 0.3) is 0 Å². The Morgan fingerprint density at radius 3 is 2.77 bits per heavy atom. The zero-order chi connectivity index (χ0) is 14.9. The SMILES string of the molecule is Cc1ccc(-c2nc(CN3CCc4ccccc43)cs2)cc1. The number of fused-ring (bicyclic) bond motifs is 1. The second-order valence-corrected chi connectivity index (χ2v) is 6.67. The number of thiazole rings is 1. The third-order valence-corrected chi connectivity index (χ3v) is 5.13. The van der Waals surface area contributed by atoms with Crippen molar-refractivity contribution in [2.24, 2.45) is 0 Å². The summed E-state index contributed by atoms with van der Waals surface area (Å²) in [7, 11) is 0. The van der Waals surface area contributed by atoms with Gasteiger partial charge in [0.15, 0.2) is 0 Å². The monoisotopic (exact) mass is 306 g/mol. The molecule has 0 spiro atoms. The van der Waals surface area contributed by atoms with Crippen LogP contribution >= 0.6 is 11.3 Å². The number of aryl methyl sites for hydroxylation is 1. The highest BCUT2D eigenvalue weighted by molar-refractivity contribution is 7.13. The lowest BCUT2D eigenvalue weighted by atomic mass is 10.2. The third kappa shape index (κ3) is 2.53. The standard InChI is InChI=1S/C19H18N2S/c1-14-6-8-16(9-7-14)19-20-17(13-22-19)12-21-11-10-15-4-2-3-5-18(15)21/h2-9,13H,10-12H2,1H3. The Kier molecular flexibility index (Phi) is 3.43. The van der Waals surface area contributed by atoms with Gasteiger partial charge < -0.3 is 4.90 Å². The highest BCUT2D eigenvalue weighted by atomic mass is 32.1. The summed E-state index contributed by atoms with van der Waals surface area (Å²) in [4.78, 5) is 7.26.